The van der Waals surface area contributed by atoms with Gasteiger partial charge in [-0.1, -0.05) is 35.9 Å². The van der Waals surface area contributed by atoms with E-state index in [0.29, 0.717) is 11.4 Å². The second kappa shape index (κ2) is 5.27. The molecule has 0 aliphatic rings. The minimum Gasteiger partial charge on any atom is -0.306 e. The largest absolute Gasteiger partial charge is 0.306 e. The Labute approximate surface area is 120 Å². The van der Waals surface area contributed by atoms with Crippen molar-refractivity contribution in [1.82, 2.24) is 9.97 Å². The van der Waals surface area contributed by atoms with Gasteiger partial charge >= 0.3 is 0 Å². The molecule has 2 heterocycles. The van der Waals surface area contributed by atoms with Crippen LogP contribution in [-0.4, -0.2) is 15.9 Å². The van der Waals surface area contributed by atoms with Crippen molar-refractivity contribution in [2.45, 2.75) is 0 Å². The number of pyridine rings is 2. The fourth-order valence-corrected chi connectivity index (χ4v) is 2.10. The number of benzene rings is 1. The SMILES string of the molecule is O=C(Nc1ccccn1)c1cc2ccccc2nc1Cl. The van der Waals surface area contributed by atoms with Gasteiger partial charge in [-0.2, -0.15) is 0 Å². The molecule has 1 amide bonds. The number of aromatic nitrogens is 2. The van der Waals surface area contributed by atoms with Crippen molar-refractivity contribution in [1.29, 1.82) is 0 Å². The maximum absolute atomic E-state index is 12.2. The van der Waals surface area contributed by atoms with Gasteiger partial charge in [-0.05, 0) is 24.3 Å². The number of hydrogen-bond donors (Lipinski definition) is 1. The molecule has 1 N–H and O–H groups in total. The van der Waals surface area contributed by atoms with E-state index in [1.165, 1.54) is 0 Å². The standard InChI is InChI=1S/C15H10ClN3O/c16-14-11(9-10-5-1-2-6-12(10)18-14)15(20)19-13-7-3-4-8-17-13/h1-9H,(H,17,19,20). The summed E-state index contributed by atoms with van der Waals surface area (Å²) in [5.74, 6) is 0.147. The lowest BCUT2D eigenvalue weighted by atomic mass is 10.1. The summed E-state index contributed by atoms with van der Waals surface area (Å²) >= 11 is 6.07. The van der Waals surface area contributed by atoms with Crippen LogP contribution in [0.3, 0.4) is 0 Å². The molecule has 98 valence electrons. The van der Waals surface area contributed by atoms with Gasteiger partial charge in [-0.25, -0.2) is 9.97 Å². The minimum atomic E-state index is -0.327. The third kappa shape index (κ3) is 2.46. The van der Waals surface area contributed by atoms with Crippen LogP contribution in [0.2, 0.25) is 5.15 Å². The van der Waals surface area contributed by atoms with Crippen molar-refractivity contribution >= 4 is 34.2 Å². The molecule has 0 atom stereocenters. The molecule has 2 aromatic heterocycles. The lowest BCUT2D eigenvalue weighted by molar-refractivity contribution is 0.102. The Morgan fingerprint density at radius 3 is 2.70 bits per heavy atom. The summed E-state index contributed by atoms with van der Waals surface area (Å²) in [6.45, 7) is 0. The number of halogens is 1. The van der Waals surface area contributed by atoms with Crippen LogP contribution in [0.15, 0.2) is 54.7 Å². The molecule has 3 aromatic rings. The highest BCUT2D eigenvalue weighted by atomic mass is 35.5. The second-order valence-corrected chi connectivity index (χ2v) is 4.55. The van der Waals surface area contributed by atoms with Crippen LogP contribution < -0.4 is 5.32 Å². The zero-order chi connectivity index (χ0) is 13.9. The number of nitrogens with one attached hydrogen (secondary N) is 1. The molecule has 0 saturated carbocycles. The Bertz CT molecular complexity index is 774. The smallest absolute Gasteiger partial charge is 0.259 e. The highest BCUT2D eigenvalue weighted by molar-refractivity contribution is 6.33. The summed E-state index contributed by atoms with van der Waals surface area (Å²) in [5.41, 5.74) is 1.09. The lowest BCUT2D eigenvalue weighted by Crippen LogP contribution is -2.13. The molecule has 4 nitrogen and oxygen atoms in total. The number of hydrogen-bond acceptors (Lipinski definition) is 3. The van der Waals surface area contributed by atoms with E-state index in [9.17, 15) is 4.79 Å². The van der Waals surface area contributed by atoms with Crippen LogP contribution in [0.1, 0.15) is 10.4 Å². The van der Waals surface area contributed by atoms with E-state index in [1.807, 2.05) is 24.3 Å². The van der Waals surface area contributed by atoms with Gasteiger partial charge in [0.15, 0.2) is 0 Å². The zero-order valence-electron chi connectivity index (χ0n) is 10.4. The highest BCUT2D eigenvalue weighted by Crippen LogP contribution is 2.21. The van der Waals surface area contributed by atoms with E-state index in [-0.39, 0.29) is 11.1 Å². The Hall–Kier alpha value is -2.46. The molecule has 0 bridgehead atoms. The summed E-state index contributed by atoms with van der Waals surface area (Å²) in [4.78, 5) is 20.5. The van der Waals surface area contributed by atoms with Gasteiger partial charge in [0.05, 0.1) is 11.1 Å². The molecular weight excluding hydrogens is 274 g/mol. The van der Waals surface area contributed by atoms with E-state index >= 15 is 0 Å². The first-order valence-electron chi connectivity index (χ1n) is 6.02. The molecule has 0 spiro atoms. The van der Waals surface area contributed by atoms with Crippen molar-refractivity contribution in [3.63, 3.8) is 0 Å². The molecule has 0 fully saturated rings. The van der Waals surface area contributed by atoms with Crippen molar-refractivity contribution in [3.05, 3.63) is 65.4 Å². The Kier molecular flexibility index (Phi) is 3.31. The van der Waals surface area contributed by atoms with Crippen molar-refractivity contribution in [2.75, 3.05) is 5.32 Å². The van der Waals surface area contributed by atoms with Gasteiger partial charge in [0.25, 0.3) is 5.91 Å². The summed E-state index contributed by atoms with van der Waals surface area (Å²) in [6.07, 6.45) is 1.61. The quantitative estimate of drug-likeness (QED) is 0.732. The molecule has 0 aliphatic heterocycles. The van der Waals surface area contributed by atoms with E-state index in [1.54, 1.807) is 30.5 Å². The maximum atomic E-state index is 12.2. The first kappa shape index (κ1) is 12.6. The molecule has 3 rings (SSSR count). The third-order valence-electron chi connectivity index (χ3n) is 2.83. The summed E-state index contributed by atoms with van der Waals surface area (Å²) < 4.78 is 0. The summed E-state index contributed by atoms with van der Waals surface area (Å²) in [5, 5.41) is 3.73. The number of nitrogens with zero attached hydrogens (tertiary/aromatic N) is 2. The number of para-hydroxylation sites is 1. The molecule has 5 heteroatoms. The normalized spacial score (nSPS) is 10.4. The first-order chi connectivity index (χ1) is 9.74. The van der Waals surface area contributed by atoms with Gasteiger partial charge < -0.3 is 5.32 Å². The maximum Gasteiger partial charge on any atom is 0.259 e. The molecule has 0 aliphatic carbocycles. The van der Waals surface area contributed by atoms with Gasteiger partial charge in [0.2, 0.25) is 0 Å². The fourth-order valence-electron chi connectivity index (χ4n) is 1.87. The van der Waals surface area contributed by atoms with Crippen LogP contribution in [0.25, 0.3) is 10.9 Å². The average molecular weight is 284 g/mol. The Balaban J connectivity index is 1.97. The predicted octanol–water partition coefficient (Wildman–Crippen LogP) is 3.54. The van der Waals surface area contributed by atoms with Crippen LogP contribution in [-0.2, 0) is 0 Å². The number of rotatable bonds is 2. The van der Waals surface area contributed by atoms with Crippen LogP contribution in [0.5, 0.6) is 0 Å². The molecular formula is C15H10ClN3O. The van der Waals surface area contributed by atoms with Crippen LogP contribution >= 0.6 is 11.6 Å². The van der Waals surface area contributed by atoms with Crippen molar-refractivity contribution < 1.29 is 4.79 Å². The van der Waals surface area contributed by atoms with Gasteiger partial charge in [-0.3, -0.25) is 4.79 Å². The Morgan fingerprint density at radius 2 is 1.90 bits per heavy atom. The first-order valence-corrected chi connectivity index (χ1v) is 6.39. The topological polar surface area (TPSA) is 54.9 Å². The second-order valence-electron chi connectivity index (χ2n) is 4.19. The van der Waals surface area contributed by atoms with Crippen molar-refractivity contribution in [2.24, 2.45) is 0 Å². The fraction of sp³-hybridized carbons (Fsp3) is 0. The Morgan fingerprint density at radius 1 is 1.10 bits per heavy atom. The van der Waals surface area contributed by atoms with E-state index in [0.717, 1.165) is 10.9 Å². The van der Waals surface area contributed by atoms with Crippen LogP contribution in [0, 0.1) is 0 Å². The average Bonchev–Trinajstić information content (AvgIpc) is 2.47. The monoisotopic (exact) mass is 283 g/mol. The summed E-state index contributed by atoms with van der Waals surface area (Å²) in [7, 11) is 0. The van der Waals surface area contributed by atoms with Crippen LogP contribution in [0.4, 0.5) is 5.82 Å². The van der Waals surface area contributed by atoms with Crippen molar-refractivity contribution in [3.8, 4) is 0 Å². The number of carbonyl (C=O) groups excluding carboxylic acids is 1. The molecule has 1 aromatic carbocycles. The lowest BCUT2D eigenvalue weighted by Gasteiger charge is -2.07. The molecule has 0 unspecified atom stereocenters. The minimum absolute atomic E-state index is 0.178. The number of anilines is 1. The number of fused-ring (bicyclic) bond motifs is 1. The van der Waals surface area contributed by atoms with E-state index < -0.39 is 0 Å². The number of carbonyl (C=O) groups is 1. The molecule has 20 heavy (non-hydrogen) atoms. The van der Waals surface area contributed by atoms with E-state index in [2.05, 4.69) is 15.3 Å². The molecule has 0 saturated heterocycles. The predicted molar refractivity (Wildman–Crippen MR) is 78.9 cm³/mol. The van der Waals surface area contributed by atoms with E-state index in [4.69, 9.17) is 11.6 Å². The third-order valence-corrected chi connectivity index (χ3v) is 3.12. The van der Waals surface area contributed by atoms with Gasteiger partial charge in [-0.15, -0.1) is 0 Å². The summed E-state index contributed by atoms with van der Waals surface area (Å²) in [6, 6.07) is 14.5. The molecule has 0 radical (unpaired) electrons. The number of amides is 1. The van der Waals surface area contributed by atoms with Gasteiger partial charge in [0, 0.05) is 11.6 Å². The highest BCUT2D eigenvalue weighted by Gasteiger charge is 2.13. The zero-order valence-corrected chi connectivity index (χ0v) is 11.1. The van der Waals surface area contributed by atoms with Gasteiger partial charge in [0.1, 0.15) is 11.0 Å².